The first kappa shape index (κ1) is 18.5. The van der Waals surface area contributed by atoms with Gasteiger partial charge in [0.15, 0.2) is 0 Å². The minimum Gasteiger partial charge on any atom is -0.478 e. The molecule has 0 saturated carbocycles. The molecule has 5 nitrogen and oxygen atoms in total. The highest BCUT2D eigenvalue weighted by Gasteiger charge is 2.18. The van der Waals surface area contributed by atoms with Crippen molar-refractivity contribution in [3.63, 3.8) is 0 Å². The van der Waals surface area contributed by atoms with Crippen LogP contribution in [0.25, 0.3) is 17.0 Å². The van der Waals surface area contributed by atoms with E-state index in [-0.39, 0.29) is 0 Å². The van der Waals surface area contributed by atoms with Gasteiger partial charge in [0.1, 0.15) is 0 Å². The average Bonchev–Trinajstić information content (AvgIpc) is 3.13. The smallest absolute Gasteiger partial charge is 0.337 e. The molecule has 2 N–H and O–H groups in total. The Balaban J connectivity index is 1.32. The molecule has 1 fully saturated rings. The van der Waals surface area contributed by atoms with Crippen molar-refractivity contribution in [2.24, 2.45) is 0 Å². The molecule has 1 aliphatic rings. The first-order valence-corrected chi connectivity index (χ1v) is 9.69. The summed E-state index contributed by atoms with van der Waals surface area (Å²) in [4.78, 5) is 19.4. The fourth-order valence-corrected chi connectivity index (χ4v) is 3.79. The first-order chi connectivity index (χ1) is 13.7. The van der Waals surface area contributed by atoms with Gasteiger partial charge in [-0.2, -0.15) is 0 Å². The van der Waals surface area contributed by atoms with Crippen molar-refractivity contribution >= 4 is 22.9 Å². The van der Waals surface area contributed by atoms with Gasteiger partial charge in [-0.15, -0.1) is 0 Å². The van der Waals surface area contributed by atoms with Crippen LogP contribution in [0.3, 0.4) is 0 Å². The number of hydrogen-bond donors (Lipinski definition) is 2. The van der Waals surface area contributed by atoms with Crippen LogP contribution in [-0.2, 0) is 6.54 Å². The lowest BCUT2D eigenvalue weighted by Crippen LogP contribution is -2.45. The number of fused-ring (bicyclic) bond motifs is 1. The third-order valence-corrected chi connectivity index (χ3v) is 5.36. The second kappa shape index (κ2) is 8.42. The van der Waals surface area contributed by atoms with Gasteiger partial charge in [0.25, 0.3) is 0 Å². The van der Waals surface area contributed by atoms with Crippen LogP contribution in [0.1, 0.15) is 21.5 Å². The molecule has 0 spiro atoms. The average molecular weight is 375 g/mol. The number of aromatic carboxylic acids is 1. The molecule has 0 atom stereocenters. The Kier molecular flexibility index (Phi) is 5.55. The molecule has 0 aliphatic carbocycles. The van der Waals surface area contributed by atoms with Gasteiger partial charge in [-0.05, 0) is 17.2 Å². The van der Waals surface area contributed by atoms with Crippen molar-refractivity contribution in [2.45, 2.75) is 6.54 Å². The van der Waals surface area contributed by atoms with E-state index in [1.165, 1.54) is 5.56 Å². The van der Waals surface area contributed by atoms with Crippen LogP contribution in [0.15, 0.2) is 60.8 Å². The lowest BCUT2D eigenvalue weighted by atomic mass is 10.1. The summed E-state index contributed by atoms with van der Waals surface area (Å²) in [5, 5.41) is 10.4. The summed E-state index contributed by atoms with van der Waals surface area (Å²) in [6.07, 6.45) is 6.36. The number of para-hydroxylation sites is 1. The molecule has 0 amide bonds. The van der Waals surface area contributed by atoms with Crippen LogP contribution in [0.2, 0.25) is 0 Å². The summed E-state index contributed by atoms with van der Waals surface area (Å²) >= 11 is 0. The quantitative estimate of drug-likeness (QED) is 0.690. The maximum atomic E-state index is 11.4. The predicted molar refractivity (Wildman–Crippen MR) is 112 cm³/mol. The fraction of sp³-hybridized carbons (Fsp3) is 0.261. The summed E-state index contributed by atoms with van der Waals surface area (Å²) < 4.78 is 0. The third-order valence-electron chi connectivity index (χ3n) is 5.36. The number of nitrogens with one attached hydrogen (secondary N) is 1. The molecule has 0 radical (unpaired) electrons. The van der Waals surface area contributed by atoms with Crippen molar-refractivity contribution in [2.75, 3.05) is 32.7 Å². The summed E-state index contributed by atoms with van der Waals surface area (Å²) in [6.45, 7) is 5.94. The van der Waals surface area contributed by atoms with E-state index in [1.54, 1.807) is 6.07 Å². The molecule has 0 bridgehead atoms. The van der Waals surface area contributed by atoms with Gasteiger partial charge >= 0.3 is 5.97 Å². The van der Waals surface area contributed by atoms with Crippen LogP contribution in [0.4, 0.5) is 0 Å². The topological polar surface area (TPSA) is 59.6 Å². The van der Waals surface area contributed by atoms with Crippen molar-refractivity contribution in [1.29, 1.82) is 0 Å². The van der Waals surface area contributed by atoms with E-state index >= 15 is 0 Å². The van der Waals surface area contributed by atoms with E-state index in [9.17, 15) is 9.90 Å². The fourth-order valence-electron chi connectivity index (χ4n) is 3.79. The molecule has 4 rings (SSSR count). The lowest BCUT2D eigenvalue weighted by Gasteiger charge is -2.34. The maximum absolute atomic E-state index is 11.4. The Morgan fingerprint density at radius 2 is 1.75 bits per heavy atom. The SMILES string of the molecule is O=C(O)c1cccc2c(CN3CCN(CC=Cc4ccccc4)CC3)c[nH]c12. The van der Waals surface area contributed by atoms with Crippen LogP contribution >= 0.6 is 0 Å². The van der Waals surface area contributed by atoms with Crippen LogP contribution in [0.5, 0.6) is 0 Å². The molecule has 1 saturated heterocycles. The van der Waals surface area contributed by atoms with E-state index < -0.39 is 5.97 Å². The van der Waals surface area contributed by atoms with Gasteiger partial charge in [0.2, 0.25) is 0 Å². The number of aromatic amines is 1. The summed E-state index contributed by atoms with van der Waals surface area (Å²) in [5.74, 6) is -0.892. The van der Waals surface area contributed by atoms with Crippen molar-refractivity contribution in [3.05, 3.63) is 77.5 Å². The lowest BCUT2D eigenvalue weighted by molar-refractivity contribution is 0.0699. The molecular weight excluding hydrogens is 350 g/mol. The van der Waals surface area contributed by atoms with Crippen LogP contribution in [-0.4, -0.2) is 58.6 Å². The van der Waals surface area contributed by atoms with E-state index in [0.717, 1.165) is 55.7 Å². The minimum atomic E-state index is -0.892. The summed E-state index contributed by atoms with van der Waals surface area (Å²) in [5.41, 5.74) is 3.45. The third kappa shape index (κ3) is 4.16. The number of rotatable bonds is 6. The molecule has 5 heteroatoms. The highest BCUT2D eigenvalue weighted by Crippen LogP contribution is 2.23. The predicted octanol–water partition coefficient (Wildman–Crippen LogP) is 3.70. The first-order valence-electron chi connectivity index (χ1n) is 9.69. The number of aromatic nitrogens is 1. The number of carboxylic acid groups (broad SMARTS) is 1. The Labute approximate surface area is 164 Å². The van der Waals surface area contributed by atoms with E-state index in [0.29, 0.717) is 5.56 Å². The van der Waals surface area contributed by atoms with Crippen LogP contribution in [0, 0.1) is 0 Å². The van der Waals surface area contributed by atoms with Gasteiger partial charge in [-0.1, -0.05) is 54.6 Å². The number of carbonyl (C=O) groups is 1. The zero-order valence-corrected chi connectivity index (χ0v) is 15.8. The molecule has 2 aromatic carbocycles. The Morgan fingerprint density at radius 1 is 1.00 bits per heavy atom. The molecular formula is C23H25N3O2. The molecule has 2 heterocycles. The van der Waals surface area contributed by atoms with Gasteiger partial charge in [-0.3, -0.25) is 9.80 Å². The Hall–Kier alpha value is -2.89. The monoisotopic (exact) mass is 375 g/mol. The van der Waals surface area contributed by atoms with Crippen molar-refractivity contribution in [3.8, 4) is 0 Å². The van der Waals surface area contributed by atoms with Gasteiger partial charge < -0.3 is 10.1 Å². The second-order valence-electron chi connectivity index (χ2n) is 7.24. The van der Waals surface area contributed by atoms with Crippen LogP contribution < -0.4 is 0 Å². The van der Waals surface area contributed by atoms with E-state index in [1.807, 2.05) is 24.4 Å². The standard InChI is InChI=1S/C23H25N3O2/c27-23(28)21-10-4-9-20-19(16-24-22(20)21)17-26-14-12-25(13-15-26)11-5-8-18-6-2-1-3-7-18/h1-10,16,24H,11-15,17H2,(H,27,28). The molecule has 0 unspecified atom stereocenters. The number of H-pyrrole nitrogens is 1. The molecule has 1 aliphatic heterocycles. The van der Waals surface area contributed by atoms with Gasteiger partial charge in [0, 0.05) is 50.9 Å². The maximum Gasteiger partial charge on any atom is 0.337 e. The minimum absolute atomic E-state index is 0.332. The number of benzene rings is 2. The second-order valence-corrected chi connectivity index (χ2v) is 7.24. The van der Waals surface area contributed by atoms with Gasteiger partial charge in [-0.25, -0.2) is 4.79 Å². The van der Waals surface area contributed by atoms with Gasteiger partial charge in [0.05, 0.1) is 11.1 Å². The largest absolute Gasteiger partial charge is 0.478 e. The summed E-state index contributed by atoms with van der Waals surface area (Å²) in [6, 6.07) is 15.8. The Morgan fingerprint density at radius 3 is 2.50 bits per heavy atom. The van der Waals surface area contributed by atoms with Crippen molar-refractivity contribution < 1.29 is 9.90 Å². The highest BCUT2D eigenvalue weighted by molar-refractivity contribution is 6.02. The molecule has 3 aromatic rings. The zero-order valence-electron chi connectivity index (χ0n) is 15.8. The normalized spacial score (nSPS) is 16.1. The Bertz CT molecular complexity index is 970. The van der Waals surface area contributed by atoms with Crippen molar-refractivity contribution in [1.82, 2.24) is 14.8 Å². The van der Waals surface area contributed by atoms with E-state index in [4.69, 9.17) is 0 Å². The highest BCUT2D eigenvalue weighted by atomic mass is 16.4. The number of carboxylic acids is 1. The number of hydrogen-bond acceptors (Lipinski definition) is 3. The molecule has 1 aromatic heterocycles. The summed E-state index contributed by atoms with van der Waals surface area (Å²) in [7, 11) is 0. The number of nitrogens with zero attached hydrogens (tertiary/aromatic N) is 2. The number of piperazine rings is 1. The molecule has 28 heavy (non-hydrogen) atoms. The molecule has 144 valence electrons. The van der Waals surface area contributed by atoms with E-state index in [2.05, 4.69) is 51.2 Å². The zero-order chi connectivity index (χ0) is 19.3.